The summed E-state index contributed by atoms with van der Waals surface area (Å²) in [6.45, 7) is 12.9. The molecule has 4 heterocycles. The van der Waals surface area contributed by atoms with Crippen LogP contribution in [0.15, 0.2) is 0 Å². The molecule has 5 N–H and O–H groups in total. The molecule has 4 fully saturated rings. The van der Waals surface area contributed by atoms with Gasteiger partial charge in [-0.05, 0) is 34.1 Å². The molecule has 0 bridgehead atoms. The summed E-state index contributed by atoms with van der Waals surface area (Å²) in [4.78, 5) is 49.4. The second kappa shape index (κ2) is 26.2. The summed E-state index contributed by atoms with van der Waals surface area (Å²) in [7, 11) is 0. The van der Waals surface area contributed by atoms with E-state index in [0.29, 0.717) is 6.61 Å². The second-order valence-corrected chi connectivity index (χ2v) is 17.4. The second-order valence-electron chi connectivity index (χ2n) is 17.4. The van der Waals surface area contributed by atoms with Crippen LogP contribution in [-0.4, -0.2) is 179 Å². The Morgan fingerprint density at radius 1 is 0.385 bits per heavy atom. The molecule has 0 aromatic rings. The SMILES string of the molecule is CCCCCCCCCCCCO[C@@H]1O[C@@H](C)[C@H](O[C@@H]2O[C@@H](C)[C@H](OC(C)=O)[C@@H](O[C@@H]3O[C@@H](C)[C@H](OC(C)=O)[C@@H](O[C@@H]4O[C@@H](C)[C@H](O)[C@@H](OC(C)=O)[C@H]4O)[C@H]3OC(C)=O)[C@H]2O)[C@@H](O)[C@H]1O. The predicted octanol–water partition coefficient (Wildman–Crippen LogP) is 1.59. The Hall–Kier alpha value is -2.64. The van der Waals surface area contributed by atoms with E-state index in [9.17, 15) is 44.7 Å². The van der Waals surface area contributed by atoms with Crippen LogP contribution >= 0.6 is 0 Å². The third-order valence-corrected chi connectivity index (χ3v) is 11.9. The minimum Gasteiger partial charge on any atom is -0.457 e. The molecule has 0 spiro atoms. The molecule has 376 valence electrons. The van der Waals surface area contributed by atoms with Crippen LogP contribution in [0.1, 0.15) is 127 Å². The Labute approximate surface area is 380 Å². The molecule has 65 heavy (non-hydrogen) atoms. The van der Waals surface area contributed by atoms with Crippen LogP contribution < -0.4 is 0 Å². The van der Waals surface area contributed by atoms with Gasteiger partial charge in [0.05, 0.1) is 24.4 Å². The van der Waals surface area contributed by atoms with Crippen molar-refractivity contribution in [2.45, 2.75) is 249 Å². The van der Waals surface area contributed by atoms with E-state index in [2.05, 4.69) is 6.92 Å². The van der Waals surface area contributed by atoms with Crippen molar-refractivity contribution in [2.24, 2.45) is 0 Å². The van der Waals surface area contributed by atoms with Crippen LogP contribution in [0.3, 0.4) is 0 Å². The smallest absolute Gasteiger partial charge is 0.303 e. The van der Waals surface area contributed by atoms with Crippen molar-refractivity contribution < 1.29 is 102 Å². The van der Waals surface area contributed by atoms with Gasteiger partial charge in [0.2, 0.25) is 0 Å². The van der Waals surface area contributed by atoms with Crippen molar-refractivity contribution in [3.8, 4) is 0 Å². The number of esters is 4. The summed E-state index contributed by atoms with van der Waals surface area (Å²) in [5, 5.41) is 56.2. The Morgan fingerprint density at radius 2 is 0.769 bits per heavy atom. The summed E-state index contributed by atoms with van der Waals surface area (Å²) < 4.78 is 70.3. The molecule has 4 rings (SSSR count). The molecule has 0 saturated carbocycles. The number of carbonyl (C=O) groups is 4. The topological polar surface area (TPSA) is 280 Å². The van der Waals surface area contributed by atoms with Crippen molar-refractivity contribution >= 4 is 23.9 Å². The van der Waals surface area contributed by atoms with Gasteiger partial charge in [0.25, 0.3) is 0 Å². The lowest BCUT2D eigenvalue weighted by Gasteiger charge is -2.50. The van der Waals surface area contributed by atoms with E-state index in [1.54, 1.807) is 6.92 Å². The van der Waals surface area contributed by atoms with Gasteiger partial charge in [-0.3, -0.25) is 19.2 Å². The molecular formula is C44H74O21. The maximum Gasteiger partial charge on any atom is 0.303 e. The van der Waals surface area contributed by atoms with Crippen molar-refractivity contribution in [1.29, 1.82) is 0 Å². The molecule has 4 aliphatic rings. The Morgan fingerprint density at radius 3 is 1.31 bits per heavy atom. The summed E-state index contributed by atoms with van der Waals surface area (Å²) in [6.07, 6.45) is -17.6. The average Bonchev–Trinajstić information content (AvgIpc) is 3.22. The largest absolute Gasteiger partial charge is 0.457 e. The number of ether oxygens (including phenoxy) is 12. The van der Waals surface area contributed by atoms with E-state index in [-0.39, 0.29) is 0 Å². The Balaban J connectivity index is 1.50. The van der Waals surface area contributed by atoms with Crippen LogP contribution in [0.5, 0.6) is 0 Å². The Bertz CT molecular complexity index is 1490. The standard InChI is InChI=1S/C44H74O21/c1-10-11-12-13-14-15-16-17-18-19-20-54-41-31(51)30(50)34(22(3)56-41)63-43-33(53)38(35(23(4)57-43)59-25(6)45)64-44-40(62-28(9)48)39(36(24(5)58-44)60-26(7)46)65-42-32(52)37(61-27(8)47)29(49)21(2)55-42/h21-24,29-44,49-53H,10-20H2,1-9H3/t21-,22-,23-,24-,29-,30-,31+,32+,33+,34-,35-,36-,37+,38-,39+,40+,41+,42-,43-,44-/m0/s1. The quantitative estimate of drug-likeness (QED) is 0.0585. The molecule has 21 nitrogen and oxygen atoms in total. The molecule has 4 saturated heterocycles. The maximum atomic E-state index is 12.7. The van der Waals surface area contributed by atoms with E-state index in [1.165, 1.54) is 59.3 Å². The zero-order valence-electron chi connectivity index (χ0n) is 39.1. The van der Waals surface area contributed by atoms with E-state index >= 15 is 0 Å². The molecule has 0 aliphatic carbocycles. The lowest BCUT2D eigenvalue weighted by molar-refractivity contribution is -0.385. The van der Waals surface area contributed by atoms with Crippen LogP contribution in [0, 0.1) is 0 Å². The van der Waals surface area contributed by atoms with E-state index in [4.69, 9.17) is 56.8 Å². The van der Waals surface area contributed by atoms with Gasteiger partial charge in [-0.2, -0.15) is 0 Å². The van der Waals surface area contributed by atoms with E-state index < -0.39 is 147 Å². The van der Waals surface area contributed by atoms with Crippen molar-refractivity contribution in [1.82, 2.24) is 0 Å². The van der Waals surface area contributed by atoms with Gasteiger partial charge in [-0.1, -0.05) is 64.7 Å². The molecule has 0 unspecified atom stereocenters. The first-order valence-electron chi connectivity index (χ1n) is 23.0. The lowest BCUT2D eigenvalue weighted by atomic mass is 9.95. The van der Waals surface area contributed by atoms with Crippen molar-refractivity contribution in [3.05, 3.63) is 0 Å². The number of hydrogen-bond donors (Lipinski definition) is 5. The predicted molar refractivity (Wildman–Crippen MR) is 222 cm³/mol. The number of carbonyl (C=O) groups excluding carboxylic acids is 4. The number of unbranched alkanes of at least 4 members (excludes halogenated alkanes) is 9. The van der Waals surface area contributed by atoms with Gasteiger partial charge in [0, 0.05) is 34.3 Å². The summed E-state index contributed by atoms with van der Waals surface area (Å²) in [5.41, 5.74) is 0. The highest BCUT2D eigenvalue weighted by molar-refractivity contribution is 5.67. The molecule has 0 aromatic carbocycles. The zero-order chi connectivity index (χ0) is 48.1. The minimum atomic E-state index is -1.84. The highest BCUT2D eigenvalue weighted by Gasteiger charge is 2.57. The van der Waals surface area contributed by atoms with E-state index in [0.717, 1.165) is 53.4 Å². The van der Waals surface area contributed by atoms with Crippen molar-refractivity contribution in [3.63, 3.8) is 0 Å². The average molecular weight is 939 g/mol. The maximum absolute atomic E-state index is 12.7. The fourth-order valence-corrected chi connectivity index (χ4v) is 8.54. The first-order valence-corrected chi connectivity index (χ1v) is 23.0. The third kappa shape index (κ3) is 15.4. The van der Waals surface area contributed by atoms with Crippen LogP contribution in [0.2, 0.25) is 0 Å². The fraction of sp³-hybridized carbons (Fsp3) is 0.909. The summed E-state index contributed by atoms with van der Waals surface area (Å²) in [6, 6.07) is 0. The highest BCUT2D eigenvalue weighted by Crippen LogP contribution is 2.37. The van der Waals surface area contributed by atoms with Gasteiger partial charge in [0.1, 0.15) is 48.8 Å². The third-order valence-electron chi connectivity index (χ3n) is 11.9. The van der Waals surface area contributed by atoms with E-state index in [1.807, 2.05) is 0 Å². The Kier molecular flexibility index (Phi) is 22.2. The molecule has 20 atom stereocenters. The van der Waals surface area contributed by atoms with Crippen molar-refractivity contribution in [2.75, 3.05) is 6.61 Å². The van der Waals surface area contributed by atoms with Crippen LogP contribution in [0.25, 0.3) is 0 Å². The highest BCUT2D eigenvalue weighted by atomic mass is 16.8. The van der Waals surface area contributed by atoms with Gasteiger partial charge >= 0.3 is 23.9 Å². The van der Waals surface area contributed by atoms with Gasteiger partial charge < -0.3 is 82.4 Å². The molecular weight excluding hydrogens is 864 g/mol. The number of aliphatic hydroxyl groups is 5. The van der Waals surface area contributed by atoms with Gasteiger partial charge in [0.15, 0.2) is 49.6 Å². The molecule has 4 aliphatic heterocycles. The normalized spacial score (nSPS) is 39.8. The molecule has 0 amide bonds. The number of hydrogen-bond acceptors (Lipinski definition) is 21. The molecule has 21 heteroatoms. The summed E-state index contributed by atoms with van der Waals surface area (Å²) >= 11 is 0. The van der Waals surface area contributed by atoms with Gasteiger partial charge in [-0.25, -0.2) is 0 Å². The molecule has 0 aromatic heterocycles. The summed E-state index contributed by atoms with van der Waals surface area (Å²) in [5.74, 6) is -3.29. The van der Waals surface area contributed by atoms with Crippen LogP contribution in [0.4, 0.5) is 0 Å². The fourth-order valence-electron chi connectivity index (χ4n) is 8.54. The number of rotatable bonds is 22. The van der Waals surface area contributed by atoms with Crippen LogP contribution in [-0.2, 0) is 76.0 Å². The monoisotopic (exact) mass is 938 g/mol. The number of aliphatic hydroxyl groups excluding tert-OH is 5. The van der Waals surface area contributed by atoms with Gasteiger partial charge in [-0.15, -0.1) is 0 Å². The first kappa shape index (κ1) is 55.0. The zero-order valence-corrected chi connectivity index (χ0v) is 39.1. The first-order chi connectivity index (χ1) is 30.7. The lowest BCUT2D eigenvalue weighted by Crippen LogP contribution is -2.67. The molecule has 0 radical (unpaired) electrons. The minimum absolute atomic E-state index is 0.302.